The molecule has 0 aliphatic carbocycles. The summed E-state index contributed by atoms with van der Waals surface area (Å²) in [6, 6.07) is 5.65. The van der Waals surface area contributed by atoms with Gasteiger partial charge in [0.1, 0.15) is 0 Å². The number of fused-ring (bicyclic) bond motifs is 3. The summed E-state index contributed by atoms with van der Waals surface area (Å²) >= 11 is 7.87. The maximum Gasteiger partial charge on any atom is 0.261 e. The average Bonchev–Trinajstić information content (AvgIpc) is 3.21. The maximum absolute atomic E-state index is 12.8. The van der Waals surface area contributed by atoms with Gasteiger partial charge < -0.3 is 11.1 Å². The van der Waals surface area contributed by atoms with Crippen LogP contribution in [0.1, 0.15) is 26.5 Å². The van der Waals surface area contributed by atoms with E-state index in [1.54, 1.807) is 18.6 Å². The molecule has 0 saturated carbocycles. The van der Waals surface area contributed by atoms with Gasteiger partial charge in [0.2, 0.25) is 0 Å². The predicted molar refractivity (Wildman–Crippen MR) is 107 cm³/mol. The first-order valence-electron chi connectivity index (χ1n) is 8.90. The highest BCUT2D eigenvalue weighted by Gasteiger charge is 2.24. The van der Waals surface area contributed by atoms with Crippen LogP contribution in [0.5, 0.6) is 0 Å². The summed E-state index contributed by atoms with van der Waals surface area (Å²) in [5.41, 5.74) is 8.84. The van der Waals surface area contributed by atoms with Crippen LogP contribution < -0.4 is 11.1 Å². The van der Waals surface area contributed by atoms with Crippen LogP contribution in [0.2, 0.25) is 5.02 Å². The van der Waals surface area contributed by atoms with Gasteiger partial charge >= 0.3 is 0 Å². The number of amides is 1. The van der Waals surface area contributed by atoms with Crippen molar-refractivity contribution < 1.29 is 4.79 Å². The standard InChI is InChI=1S/C19H20ClN5OS/c20-15-11-23-25-6-2-4-16-14(18(15)25)8-17(27-16)19(26)24-13(9-21)7-12-3-1-5-22-10-12/h1,3,5,8,10-11,13H,2,4,6-7,9,21H2,(H,24,26)/t13-/m0/s1. The molecule has 0 bridgehead atoms. The smallest absolute Gasteiger partial charge is 0.261 e. The van der Waals surface area contributed by atoms with Crippen LogP contribution in [-0.2, 0) is 19.4 Å². The number of carbonyl (C=O) groups excluding carboxylic acids is 1. The summed E-state index contributed by atoms with van der Waals surface area (Å²) in [7, 11) is 0. The summed E-state index contributed by atoms with van der Waals surface area (Å²) in [6.07, 6.45) is 7.75. The molecule has 140 valence electrons. The molecule has 4 rings (SSSR count). The fourth-order valence-electron chi connectivity index (χ4n) is 3.37. The van der Waals surface area contributed by atoms with Crippen molar-refractivity contribution in [3.05, 3.63) is 57.1 Å². The highest BCUT2D eigenvalue weighted by atomic mass is 35.5. The number of nitrogens with two attached hydrogens (primary N) is 1. The molecule has 1 aliphatic rings. The molecule has 1 amide bonds. The summed E-state index contributed by atoms with van der Waals surface area (Å²) in [4.78, 5) is 18.8. The molecular weight excluding hydrogens is 382 g/mol. The summed E-state index contributed by atoms with van der Waals surface area (Å²) < 4.78 is 1.92. The molecule has 0 saturated heterocycles. The van der Waals surface area contributed by atoms with E-state index in [1.165, 1.54) is 16.2 Å². The average molecular weight is 402 g/mol. The third-order valence-electron chi connectivity index (χ3n) is 4.68. The van der Waals surface area contributed by atoms with Crippen LogP contribution in [-0.4, -0.2) is 33.3 Å². The number of thiophene rings is 1. The second-order valence-electron chi connectivity index (χ2n) is 6.59. The lowest BCUT2D eigenvalue weighted by atomic mass is 10.1. The van der Waals surface area contributed by atoms with Crippen LogP contribution in [0.4, 0.5) is 0 Å². The van der Waals surface area contributed by atoms with Gasteiger partial charge in [-0.05, 0) is 37.0 Å². The number of nitrogens with zero attached hydrogens (tertiary/aromatic N) is 3. The molecule has 3 aromatic heterocycles. The SMILES string of the molecule is NC[C@H](Cc1cccnc1)NC(=O)c1cc2c(s1)CCCn1ncc(Cl)c1-2. The van der Waals surface area contributed by atoms with Crippen LogP contribution >= 0.6 is 22.9 Å². The molecule has 1 aliphatic heterocycles. The highest BCUT2D eigenvalue weighted by molar-refractivity contribution is 7.14. The largest absolute Gasteiger partial charge is 0.347 e. The summed E-state index contributed by atoms with van der Waals surface area (Å²) in [6.45, 7) is 1.20. The normalized spacial score (nSPS) is 14.1. The Morgan fingerprint density at radius 1 is 1.44 bits per heavy atom. The fraction of sp³-hybridized carbons (Fsp3) is 0.316. The highest BCUT2D eigenvalue weighted by Crippen LogP contribution is 2.38. The van der Waals surface area contributed by atoms with Crippen LogP contribution in [0.3, 0.4) is 0 Å². The Morgan fingerprint density at radius 3 is 3.11 bits per heavy atom. The zero-order chi connectivity index (χ0) is 18.8. The summed E-state index contributed by atoms with van der Waals surface area (Å²) in [5.74, 6) is -0.102. The van der Waals surface area contributed by atoms with Crippen LogP contribution in [0.15, 0.2) is 36.8 Å². The number of aromatic nitrogens is 3. The third-order valence-corrected chi connectivity index (χ3v) is 6.15. The van der Waals surface area contributed by atoms with Gasteiger partial charge in [0.25, 0.3) is 5.91 Å². The van der Waals surface area contributed by atoms with E-state index in [0.717, 1.165) is 36.2 Å². The van der Waals surface area contributed by atoms with Crippen molar-refractivity contribution in [1.29, 1.82) is 0 Å². The lowest BCUT2D eigenvalue weighted by molar-refractivity contribution is 0.0942. The minimum Gasteiger partial charge on any atom is -0.347 e. The van der Waals surface area contributed by atoms with Crippen LogP contribution in [0, 0.1) is 0 Å². The number of aryl methyl sites for hydroxylation is 2. The van der Waals surface area contributed by atoms with Crippen molar-refractivity contribution in [3.8, 4) is 11.3 Å². The number of halogens is 1. The fourth-order valence-corrected chi connectivity index (χ4v) is 4.72. The molecule has 0 radical (unpaired) electrons. The first kappa shape index (κ1) is 18.2. The second kappa shape index (κ2) is 7.80. The lowest BCUT2D eigenvalue weighted by Crippen LogP contribution is -2.41. The first-order valence-corrected chi connectivity index (χ1v) is 10.1. The number of carbonyl (C=O) groups is 1. The van der Waals surface area contributed by atoms with Gasteiger partial charge in [-0.15, -0.1) is 11.3 Å². The molecule has 6 nitrogen and oxygen atoms in total. The van der Waals surface area contributed by atoms with E-state index in [9.17, 15) is 4.79 Å². The van der Waals surface area contributed by atoms with Gasteiger partial charge in [0.15, 0.2) is 0 Å². The molecule has 0 fully saturated rings. The van der Waals surface area contributed by atoms with E-state index in [0.29, 0.717) is 22.9 Å². The Bertz CT molecular complexity index is 952. The number of hydrogen-bond acceptors (Lipinski definition) is 5. The van der Waals surface area contributed by atoms with Crippen molar-refractivity contribution >= 4 is 28.8 Å². The molecule has 4 heterocycles. The molecule has 8 heteroatoms. The zero-order valence-corrected chi connectivity index (χ0v) is 16.3. The predicted octanol–water partition coefficient (Wildman–Crippen LogP) is 2.91. The molecule has 1 atom stereocenters. The van der Waals surface area contributed by atoms with Crippen molar-refractivity contribution in [1.82, 2.24) is 20.1 Å². The molecule has 27 heavy (non-hydrogen) atoms. The third kappa shape index (κ3) is 3.76. The molecule has 0 spiro atoms. The van der Waals surface area contributed by atoms with E-state index in [4.69, 9.17) is 17.3 Å². The minimum atomic E-state index is -0.141. The zero-order valence-electron chi connectivity index (χ0n) is 14.7. The minimum absolute atomic E-state index is 0.102. The van der Waals surface area contributed by atoms with Gasteiger partial charge in [0, 0.05) is 42.0 Å². The van der Waals surface area contributed by atoms with Gasteiger partial charge in [0.05, 0.1) is 21.8 Å². The van der Waals surface area contributed by atoms with E-state index >= 15 is 0 Å². The monoisotopic (exact) mass is 401 g/mol. The Hall–Kier alpha value is -2.22. The van der Waals surface area contributed by atoms with Crippen LogP contribution in [0.25, 0.3) is 11.3 Å². The Balaban J connectivity index is 1.55. The Morgan fingerprint density at radius 2 is 2.33 bits per heavy atom. The van der Waals surface area contributed by atoms with Crippen molar-refractivity contribution in [3.63, 3.8) is 0 Å². The number of rotatable bonds is 5. The quantitative estimate of drug-likeness (QED) is 0.688. The molecule has 0 unspecified atom stereocenters. The summed E-state index contributed by atoms with van der Waals surface area (Å²) in [5, 5.41) is 8.02. The topological polar surface area (TPSA) is 85.8 Å². The molecular formula is C19H20ClN5OS. The van der Waals surface area contributed by atoms with E-state index in [2.05, 4.69) is 15.4 Å². The number of hydrogen-bond donors (Lipinski definition) is 2. The molecule has 0 aromatic carbocycles. The van der Waals surface area contributed by atoms with Crippen molar-refractivity contribution in [2.45, 2.75) is 31.8 Å². The van der Waals surface area contributed by atoms with Gasteiger partial charge in [-0.1, -0.05) is 17.7 Å². The van der Waals surface area contributed by atoms with E-state index < -0.39 is 0 Å². The van der Waals surface area contributed by atoms with Gasteiger partial charge in [-0.25, -0.2) is 0 Å². The molecule has 3 N–H and O–H groups in total. The maximum atomic E-state index is 12.8. The van der Waals surface area contributed by atoms with Crippen molar-refractivity contribution in [2.24, 2.45) is 5.73 Å². The van der Waals surface area contributed by atoms with Crippen molar-refractivity contribution in [2.75, 3.05) is 6.54 Å². The first-order chi connectivity index (χ1) is 13.2. The second-order valence-corrected chi connectivity index (χ2v) is 8.13. The van der Waals surface area contributed by atoms with E-state index in [-0.39, 0.29) is 11.9 Å². The Kier molecular flexibility index (Phi) is 5.24. The van der Waals surface area contributed by atoms with Gasteiger partial charge in [-0.3, -0.25) is 14.5 Å². The number of nitrogens with one attached hydrogen (secondary N) is 1. The Labute approximate surface area is 166 Å². The van der Waals surface area contributed by atoms with E-state index in [1.807, 2.05) is 22.9 Å². The lowest BCUT2D eigenvalue weighted by Gasteiger charge is -2.16. The van der Waals surface area contributed by atoms with Gasteiger partial charge in [-0.2, -0.15) is 5.10 Å². The molecule has 3 aromatic rings. The number of pyridine rings is 1.